The van der Waals surface area contributed by atoms with Crippen LogP contribution in [0.4, 0.5) is 11.4 Å². The molecule has 10 heteroatoms. The predicted octanol–water partition coefficient (Wildman–Crippen LogP) is 5.14. The molecule has 0 unspecified atom stereocenters. The monoisotopic (exact) mass is 518 g/mol. The minimum Gasteiger partial charge on any atom is -0.384 e. The molecule has 0 amide bonds. The van der Waals surface area contributed by atoms with Gasteiger partial charge in [-0.25, -0.2) is 0 Å². The molecule has 176 valence electrons. The van der Waals surface area contributed by atoms with Crippen LogP contribution in [0.5, 0.6) is 0 Å². The van der Waals surface area contributed by atoms with Crippen molar-refractivity contribution in [2.24, 2.45) is 11.5 Å². The zero-order valence-electron chi connectivity index (χ0n) is 17.5. The molecule has 2 aromatic heterocycles. The number of nitrogens with two attached hydrogens (primary N) is 2. The first kappa shape index (κ1) is 30.2. The summed E-state index contributed by atoms with van der Waals surface area (Å²) in [5.41, 5.74) is 15.4. The fraction of sp³-hybridized carbons (Fsp3) is 0.273. The van der Waals surface area contributed by atoms with Gasteiger partial charge < -0.3 is 22.1 Å². The van der Waals surface area contributed by atoms with E-state index in [1.54, 1.807) is 0 Å². The summed E-state index contributed by atoms with van der Waals surface area (Å²) < 4.78 is 0. The lowest BCUT2D eigenvalue weighted by atomic mass is 10.0. The molecule has 0 atom stereocenters. The van der Waals surface area contributed by atoms with Gasteiger partial charge in [0, 0.05) is 58.4 Å². The maximum absolute atomic E-state index is 5.61. The largest absolute Gasteiger partial charge is 0.384 e. The summed E-state index contributed by atoms with van der Waals surface area (Å²) in [5, 5.41) is 11.4. The van der Waals surface area contributed by atoms with Crippen molar-refractivity contribution < 1.29 is 0 Å². The quantitative estimate of drug-likeness (QED) is 0.190. The molecule has 0 saturated heterocycles. The highest BCUT2D eigenvalue weighted by molar-refractivity contribution is 6.18. The highest BCUT2D eigenvalue weighted by Crippen LogP contribution is 2.34. The van der Waals surface area contributed by atoms with Crippen molar-refractivity contribution >= 4 is 93.6 Å². The van der Waals surface area contributed by atoms with Gasteiger partial charge in [0.2, 0.25) is 0 Å². The molecular formula is C22H30Cl4N6. The molecule has 0 aliphatic carbocycles. The smallest absolute Gasteiger partial charge is 0.0801 e. The number of halogens is 4. The van der Waals surface area contributed by atoms with Gasteiger partial charge in [-0.1, -0.05) is 24.3 Å². The minimum absolute atomic E-state index is 0. The molecule has 6 nitrogen and oxygen atoms in total. The topological polar surface area (TPSA) is 102 Å². The van der Waals surface area contributed by atoms with E-state index < -0.39 is 0 Å². The lowest BCUT2D eigenvalue weighted by Crippen LogP contribution is -2.09. The van der Waals surface area contributed by atoms with Gasteiger partial charge in [0.05, 0.1) is 11.0 Å². The van der Waals surface area contributed by atoms with E-state index in [2.05, 4.69) is 44.9 Å². The maximum atomic E-state index is 5.61. The molecule has 2 aromatic carbocycles. The van der Waals surface area contributed by atoms with Crippen molar-refractivity contribution in [2.45, 2.75) is 12.8 Å². The van der Waals surface area contributed by atoms with Crippen molar-refractivity contribution in [1.29, 1.82) is 0 Å². The van der Waals surface area contributed by atoms with Crippen molar-refractivity contribution in [2.75, 3.05) is 36.8 Å². The van der Waals surface area contributed by atoms with Crippen molar-refractivity contribution in [3.63, 3.8) is 0 Å². The minimum atomic E-state index is 0. The first-order valence-corrected chi connectivity index (χ1v) is 9.80. The number of aromatic nitrogens is 2. The molecular weight excluding hydrogens is 490 g/mol. The van der Waals surface area contributed by atoms with E-state index in [9.17, 15) is 0 Å². The van der Waals surface area contributed by atoms with Crippen LogP contribution < -0.4 is 22.1 Å². The average molecular weight is 520 g/mol. The van der Waals surface area contributed by atoms with Crippen LogP contribution in [0.25, 0.3) is 32.6 Å². The summed E-state index contributed by atoms with van der Waals surface area (Å²) in [6.07, 6.45) is 5.59. The zero-order valence-corrected chi connectivity index (χ0v) is 20.8. The van der Waals surface area contributed by atoms with E-state index >= 15 is 0 Å². The molecule has 32 heavy (non-hydrogen) atoms. The van der Waals surface area contributed by atoms with Gasteiger partial charge in [-0.05, 0) is 38.1 Å². The van der Waals surface area contributed by atoms with Gasteiger partial charge in [0.15, 0.2) is 0 Å². The number of pyridine rings is 2. The van der Waals surface area contributed by atoms with Crippen LogP contribution in [0.2, 0.25) is 0 Å². The van der Waals surface area contributed by atoms with E-state index in [0.717, 1.165) is 69.9 Å². The molecule has 2 heterocycles. The van der Waals surface area contributed by atoms with Crippen molar-refractivity contribution in [1.82, 2.24) is 9.97 Å². The average Bonchev–Trinajstić information content (AvgIpc) is 2.74. The molecule has 6 N–H and O–H groups in total. The third kappa shape index (κ3) is 6.16. The lowest BCUT2D eigenvalue weighted by molar-refractivity contribution is 0.875. The number of anilines is 2. The Morgan fingerprint density at radius 2 is 0.938 bits per heavy atom. The van der Waals surface area contributed by atoms with Crippen molar-refractivity contribution in [3.05, 3.63) is 48.8 Å². The van der Waals surface area contributed by atoms with Gasteiger partial charge >= 0.3 is 0 Å². The van der Waals surface area contributed by atoms with Crippen LogP contribution in [0.1, 0.15) is 12.8 Å². The first-order valence-electron chi connectivity index (χ1n) is 9.80. The van der Waals surface area contributed by atoms with Gasteiger partial charge in [-0.3, -0.25) is 9.97 Å². The summed E-state index contributed by atoms with van der Waals surface area (Å²) >= 11 is 0. The molecule has 4 rings (SSSR count). The maximum Gasteiger partial charge on any atom is 0.0801 e. The number of nitrogens with one attached hydrogen (secondary N) is 2. The number of hydrogen-bond donors (Lipinski definition) is 4. The van der Waals surface area contributed by atoms with Crippen molar-refractivity contribution in [3.8, 4) is 0 Å². The second kappa shape index (κ2) is 14.4. The summed E-state index contributed by atoms with van der Waals surface area (Å²) in [6.45, 7) is 3.06. The van der Waals surface area contributed by atoms with Crippen LogP contribution in [-0.4, -0.2) is 36.1 Å². The highest BCUT2D eigenvalue weighted by Gasteiger charge is 2.11. The van der Waals surface area contributed by atoms with Crippen LogP contribution in [0, 0.1) is 0 Å². The summed E-state index contributed by atoms with van der Waals surface area (Å²) in [7, 11) is 0. The van der Waals surface area contributed by atoms with E-state index in [4.69, 9.17) is 11.5 Å². The zero-order chi connectivity index (χ0) is 19.3. The van der Waals surface area contributed by atoms with Gasteiger partial charge in [0.1, 0.15) is 0 Å². The fourth-order valence-electron chi connectivity index (χ4n) is 3.60. The Bertz CT molecular complexity index is 1040. The lowest BCUT2D eigenvalue weighted by Gasteiger charge is -2.13. The normalized spacial score (nSPS) is 9.94. The molecule has 0 fully saturated rings. The standard InChI is InChI=1S/C22H26N6.4ClH/c23-9-1-11-25-19-7-13-27-21-15-4-6-18-20(26-12-2-10-24)8-14-28-22(18)16(15)3-5-17(19)21;;;;/h3-8,13-14H,1-2,9-12,23-24H2,(H,25,27)(H,26,28);4*1H. The Kier molecular flexibility index (Phi) is 13.6. The molecule has 0 bridgehead atoms. The number of hydrogen-bond acceptors (Lipinski definition) is 6. The number of nitrogens with zero attached hydrogens (tertiary/aromatic N) is 2. The van der Waals surface area contributed by atoms with Crippen LogP contribution in [0.15, 0.2) is 48.8 Å². The summed E-state index contributed by atoms with van der Waals surface area (Å²) in [6, 6.07) is 12.6. The molecule has 0 radical (unpaired) electrons. The van der Waals surface area contributed by atoms with E-state index in [-0.39, 0.29) is 49.6 Å². The SMILES string of the molecule is Cl.Cl.Cl.Cl.NCCCNc1ccnc2c1ccc1c2ccc2c(NCCCN)ccnc21. The molecule has 0 aliphatic rings. The number of benzene rings is 2. The van der Waals surface area contributed by atoms with E-state index in [1.165, 1.54) is 0 Å². The second-order valence-electron chi connectivity index (χ2n) is 6.87. The Labute approximate surface area is 212 Å². The van der Waals surface area contributed by atoms with E-state index in [1.807, 2.05) is 24.5 Å². The Morgan fingerprint density at radius 1 is 0.562 bits per heavy atom. The second-order valence-corrected chi connectivity index (χ2v) is 6.87. The van der Waals surface area contributed by atoms with Gasteiger partial charge in [-0.2, -0.15) is 0 Å². The van der Waals surface area contributed by atoms with Crippen LogP contribution in [-0.2, 0) is 0 Å². The van der Waals surface area contributed by atoms with Gasteiger partial charge in [-0.15, -0.1) is 49.6 Å². The molecule has 0 spiro atoms. The Balaban J connectivity index is 0.00000240. The third-order valence-corrected chi connectivity index (χ3v) is 5.01. The van der Waals surface area contributed by atoms with E-state index in [0.29, 0.717) is 13.1 Å². The van der Waals surface area contributed by atoms with Crippen LogP contribution in [0.3, 0.4) is 0 Å². The molecule has 0 saturated carbocycles. The summed E-state index contributed by atoms with van der Waals surface area (Å²) in [4.78, 5) is 9.33. The Hall–Kier alpha value is -1.80. The highest BCUT2D eigenvalue weighted by atomic mass is 35.5. The Morgan fingerprint density at radius 3 is 1.31 bits per heavy atom. The fourth-order valence-corrected chi connectivity index (χ4v) is 3.60. The summed E-state index contributed by atoms with van der Waals surface area (Å²) in [5.74, 6) is 0. The molecule has 0 aliphatic heterocycles. The van der Waals surface area contributed by atoms with Crippen LogP contribution >= 0.6 is 49.6 Å². The van der Waals surface area contributed by atoms with Gasteiger partial charge in [0.25, 0.3) is 0 Å². The molecule has 4 aromatic rings. The number of rotatable bonds is 8. The predicted molar refractivity (Wildman–Crippen MR) is 148 cm³/mol. The third-order valence-electron chi connectivity index (χ3n) is 5.01. The first-order chi connectivity index (χ1) is 13.8. The number of fused-ring (bicyclic) bond motifs is 5.